The molecule has 0 aliphatic carbocycles. The quantitative estimate of drug-likeness (QED) is 0.835. The summed E-state index contributed by atoms with van der Waals surface area (Å²) in [6.45, 7) is 13.5. The van der Waals surface area contributed by atoms with Gasteiger partial charge in [0.2, 0.25) is 0 Å². The van der Waals surface area contributed by atoms with Crippen molar-refractivity contribution in [2.45, 2.75) is 58.5 Å². The molecule has 2 rings (SSSR count). The fourth-order valence-corrected chi connectivity index (χ4v) is 4.07. The van der Waals surface area contributed by atoms with Crippen LogP contribution in [0, 0.1) is 11.8 Å². The first-order chi connectivity index (χ1) is 9.60. The molecule has 2 saturated heterocycles. The van der Waals surface area contributed by atoms with E-state index in [-0.39, 0.29) is 0 Å². The Morgan fingerprint density at radius 1 is 1.15 bits per heavy atom. The third-order valence-corrected chi connectivity index (χ3v) is 5.46. The van der Waals surface area contributed by atoms with Gasteiger partial charge in [0.25, 0.3) is 0 Å². The van der Waals surface area contributed by atoms with Gasteiger partial charge in [0.05, 0.1) is 0 Å². The maximum absolute atomic E-state index is 3.96. The van der Waals surface area contributed by atoms with Crippen LogP contribution in [0.5, 0.6) is 0 Å². The molecule has 0 radical (unpaired) electrons. The summed E-state index contributed by atoms with van der Waals surface area (Å²) in [6.07, 6.45) is 5.38. The molecular weight excluding hydrogens is 246 g/mol. The van der Waals surface area contributed by atoms with Crippen molar-refractivity contribution < 1.29 is 0 Å². The second kappa shape index (κ2) is 7.77. The highest BCUT2D eigenvalue weighted by molar-refractivity contribution is 4.87. The second-order valence-corrected chi connectivity index (χ2v) is 7.27. The summed E-state index contributed by atoms with van der Waals surface area (Å²) in [6, 6.07) is 1.42. The molecule has 20 heavy (non-hydrogen) atoms. The number of rotatable bonds is 5. The maximum Gasteiger partial charge on any atom is 0.0120 e. The zero-order valence-electron chi connectivity index (χ0n) is 14.1. The first kappa shape index (κ1) is 16.3. The van der Waals surface area contributed by atoms with Crippen molar-refractivity contribution in [2.24, 2.45) is 11.8 Å². The van der Waals surface area contributed by atoms with E-state index in [2.05, 4.69) is 42.9 Å². The average molecular weight is 281 g/mol. The highest BCUT2D eigenvalue weighted by atomic mass is 15.1. The lowest BCUT2D eigenvalue weighted by atomic mass is 9.87. The molecule has 118 valence electrons. The predicted molar refractivity (Wildman–Crippen MR) is 87.1 cm³/mol. The number of hydrogen-bond acceptors (Lipinski definition) is 3. The van der Waals surface area contributed by atoms with E-state index in [1.54, 1.807) is 0 Å². The summed E-state index contributed by atoms with van der Waals surface area (Å²) in [5.41, 5.74) is 0. The number of nitrogens with zero attached hydrogens (tertiary/aromatic N) is 2. The Labute approximate surface area is 126 Å². The van der Waals surface area contributed by atoms with E-state index < -0.39 is 0 Å². The van der Waals surface area contributed by atoms with Crippen molar-refractivity contribution in [3.8, 4) is 0 Å². The Hall–Kier alpha value is -0.120. The van der Waals surface area contributed by atoms with Gasteiger partial charge in [-0.15, -0.1) is 0 Å². The van der Waals surface area contributed by atoms with E-state index in [0.29, 0.717) is 6.04 Å². The van der Waals surface area contributed by atoms with E-state index in [9.17, 15) is 0 Å². The predicted octanol–water partition coefficient (Wildman–Crippen LogP) is 2.43. The Balaban J connectivity index is 1.73. The van der Waals surface area contributed by atoms with Crippen LogP contribution in [0.1, 0.15) is 46.5 Å². The van der Waals surface area contributed by atoms with Crippen molar-refractivity contribution in [3.05, 3.63) is 0 Å². The smallest absolute Gasteiger partial charge is 0.0120 e. The Kier molecular flexibility index (Phi) is 6.31. The summed E-state index contributed by atoms with van der Waals surface area (Å²) in [4.78, 5) is 5.11. The van der Waals surface area contributed by atoms with Gasteiger partial charge in [-0.2, -0.15) is 0 Å². The van der Waals surface area contributed by atoms with Crippen LogP contribution < -0.4 is 5.32 Å². The van der Waals surface area contributed by atoms with Crippen LogP contribution in [0.3, 0.4) is 0 Å². The molecule has 0 aromatic rings. The Morgan fingerprint density at radius 3 is 2.45 bits per heavy atom. The Bertz CT molecular complexity index is 273. The molecule has 3 nitrogen and oxygen atoms in total. The van der Waals surface area contributed by atoms with Crippen LogP contribution in [-0.4, -0.2) is 61.7 Å². The van der Waals surface area contributed by atoms with E-state index >= 15 is 0 Å². The molecule has 2 aliphatic rings. The van der Waals surface area contributed by atoms with Crippen LogP contribution in [-0.2, 0) is 0 Å². The van der Waals surface area contributed by atoms with Crippen molar-refractivity contribution in [2.75, 3.05) is 39.8 Å². The van der Waals surface area contributed by atoms with E-state index in [0.717, 1.165) is 17.9 Å². The average Bonchev–Trinajstić information content (AvgIpc) is 2.43. The lowest BCUT2D eigenvalue weighted by Gasteiger charge is -2.40. The first-order valence-electron chi connectivity index (χ1n) is 8.77. The summed E-state index contributed by atoms with van der Waals surface area (Å²) in [5.74, 6) is 1.67. The van der Waals surface area contributed by atoms with Gasteiger partial charge in [-0.1, -0.05) is 13.8 Å². The molecule has 0 saturated carbocycles. The molecule has 0 amide bonds. The van der Waals surface area contributed by atoms with Gasteiger partial charge in [-0.3, -0.25) is 0 Å². The van der Waals surface area contributed by atoms with Gasteiger partial charge in [0, 0.05) is 18.6 Å². The molecule has 0 aromatic carbocycles. The number of hydrogen-bond donors (Lipinski definition) is 1. The fraction of sp³-hybridized carbons (Fsp3) is 1.00. The number of nitrogens with one attached hydrogen (secondary N) is 1. The zero-order chi connectivity index (χ0) is 14.5. The fourth-order valence-electron chi connectivity index (χ4n) is 4.07. The third kappa shape index (κ3) is 4.44. The summed E-state index contributed by atoms with van der Waals surface area (Å²) in [5, 5.41) is 3.96. The Morgan fingerprint density at radius 2 is 1.85 bits per heavy atom. The van der Waals surface area contributed by atoms with Gasteiger partial charge >= 0.3 is 0 Å². The number of likely N-dealkylation sites (tertiary alicyclic amines) is 2. The second-order valence-electron chi connectivity index (χ2n) is 7.27. The van der Waals surface area contributed by atoms with Gasteiger partial charge in [0.15, 0.2) is 0 Å². The normalized spacial score (nSPS) is 32.4. The summed E-state index contributed by atoms with van der Waals surface area (Å²) >= 11 is 0. The topological polar surface area (TPSA) is 18.5 Å². The molecule has 2 aliphatic heterocycles. The molecule has 3 heteroatoms. The molecule has 0 spiro atoms. The molecular formula is C17H35N3. The third-order valence-electron chi connectivity index (χ3n) is 5.46. The van der Waals surface area contributed by atoms with Crippen LogP contribution in [0.15, 0.2) is 0 Å². The standard InChI is InChI=1S/C17H35N3/c1-5-9-20-11-6-16(7-12-20)15(3)18-17-8-10-19(4)13-14(17)2/h14-18H,5-13H2,1-4H3. The lowest BCUT2D eigenvalue weighted by Crippen LogP contribution is -2.52. The summed E-state index contributed by atoms with van der Waals surface area (Å²) in [7, 11) is 2.25. The highest BCUT2D eigenvalue weighted by Crippen LogP contribution is 2.23. The van der Waals surface area contributed by atoms with Crippen molar-refractivity contribution in [1.82, 2.24) is 15.1 Å². The van der Waals surface area contributed by atoms with Gasteiger partial charge in [-0.05, 0) is 77.7 Å². The molecule has 2 heterocycles. The van der Waals surface area contributed by atoms with E-state index in [4.69, 9.17) is 0 Å². The van der Waals surface area contributed by atoms with Gasteiger partial charge in [0.1, 0.15) is 0 Å². The largest absolute Gasteiger partial charge is 0.311 e. The minimum atomic E-state index is 0.689. The zero-order valence-corrected chi connectivity index (χ0v) is 14.1. The van der Waals surface area contributed by atoms with Crippen LogP contribution in [0.25, 0.3) is 0 Å². The SMILES string of the molecule is CCCN1CCC(C(C)NC2CCN(C)CC2C)CC1. The van der Waals surface area contributed by atoms with E-state index in [1.807, 2.05) is 0 Å². The monoisotopic (exact) mass is 281 g/mol. The van der Waals surface area contributed by atoms with Gasteiger partial charge in [-0.25, -0.2) is 0 Å². The van der Waals surface area contributed by atoms with Gasteiger partial charge < -0.3 is 15.1 Å². The van der Waals surface area contributed by atoms with Crippen molar-refractivity contribution in [3.63, 3.8) is 0 Å². The van der Waals surface area contributed by atoms with Crippen molar-refractivity contribution >= 4 is 0 Å². The molecule has 1 N–H and O–H groups in total. The highest BCUT2D eigenvalue weighted by Gasteiger charge is 2.29. The van der Waals surface area contributed by atoms with Crippen LogP contribution in [0.4, 0.5) is 0 Å². The number of piperidine rings is 2. The molecule has 3 unspecified atom stereocenters. The minimum absolute atomic E-state index is 0.689. The molecule has 2 fully saturated rings. The van der Waals surface area contributed by atoms with Crippen LogP contribution in [0.2, 0.25) is 0 Å². The minimum Gasteiger partial charge on any atom is -0.311 e. The molecule has 0 aromatic heterocycles. The lowest BCUT2D eigenvalue weighted by molar-refractivity contribution is 0.129. The molecule has 3 atom stereocenters. The summed E-state index contributed by atoms with van der Waals surface area (Å²) < 4.78 is 0. The van der Waals surface area contributed by atoms with Crippen molar-refractivity contribution in [1.29, 1.82) is 0 Å². The maximum atomic E-state index is 3.96. The van der Waals surface area contributed by atoms with Crippen LogP contribution >= 0.6 is 0 Å². The molecule has 0 bridgehead atoms. The van der Waals surface area contributed by atoms with E-state index in [1.165, 1.54) is 58.4 Å². The first-order valence-corrected chi connectivity index (χ1v) is 8.77.